The zero-order valence-corrected chi connectivity index (χ0v) is 17.7. The maximum absolute atomic E-state index is 11.8. The van der Waals surface area contributed by atoms with Gasteiger partial charge in [0.05, 0.1) is 18.8 Å². The number of nitrogens with zero attached hydrogens (tertiary/aromatic N) is 3. The van der Waals surface area contributed by atoms with E-state index in [4.69, 9.17) is 9.47 Å². The number of aromatic nitrogens is 2. The number of aliphatic hydroxyl groups is 1. The van der Waals surface area contributed by atoms with Crippen molar-refractivity contribution in [1.29, 1.82) is 0 Å². The van der Waals surface area contributed by atoms with Crippen molar-refractivity contribution in [3.8, 4) is 5.75 Å². The highest BCUT2D eigenvalue weighted by Crippen LogP contribution is 2.38. The van der Waals surface area contributed by atoms with Crippen LogP contribution in [-0.4, -0.2) is 64.5 Å². The lowest BCUT2D eigenvalue weighted by Crippen LogP contribution is -2.42. The fourth-order valence-corrected chi connectivity index (χ4v) is 4.89. The number of benzene rings is 1. The molecule has 0 amide bonds. The average Bonchev–Trinajstić information content (AvgIpc) is 3.33. The Morgan fingerprint density at radius 3 is 2.77 bits per heavy atom. The van der Waals surface area contributed by atoms with E-state index in [0.717, 1.165) is 51.3 Å². The van der Waals surface area contributed by atoms with Gasteiger partial charge in [0.1, 0.15) is 17.7 Å². The maximum atomic E-state index is 11.8. The highest BCUT2D eigenvalue weighted by atomic mass is 16.5. The van der Waals surface area contributed by atoms with E-state index >= 15 is 0 Å². The maximum Gasteiger partial charge on any atom is 0.337 e. The van der Waals surface area contributed by atoms with Gasteiger partial charge >= 0.3 is 5.97 Å². The third kappa shape index (κ3) is 4.68. The molecule has 0 spiro atoms. The van der Waals surface area contributed by atoms with E-state index in [1.807, 2.05) is 25.4 Å². The number of methoxy groups -OCH3 is 1. The van der Waals surface area contributed by atoms with Crippen molar-refractivity contribution in [3.05, 3.63) is 48.0 Å². The van der Waals surface area contributed by atoms with Crippen LogP contribution in [0.1, 0.15) is 35.4 Å². The van der Waals surface area contributed by atoms with Gasteiger partial charge < -0.3 is 24.0 Å². The predicted molar refractivity (Wildman–Crippen MR) is 112 cm³/mol. The number of aliphatic hydroxyl groups excluding tert-OH is 1. The van der Waals surface area contributed by atoms with Crippen molar-refractivity contribution in [2.75, 3.05) is 26.7 Å². The van der Waals surface area contributed by atoms with Crippen molar-refractivity contribution < 1.29 is 19.4 Å². The second-order valence-corrected chi connectivity index (χ2v) is 8.52. The first kappa shape index (κ1) is 20.9. The van der Waals surface area contributed by atoms with Crippen molar-refractivity contribution >= 4 is 5.97 Å². The number of hydrogen-bond acceptors (Lipinski definition) is 6. The molecule has 4 atom stereocenters. The summed E-state index contributed by atoms with van der Waals surface area (Å²) >= 11 is 0. The topological polar surface area (TPSA) is 76.8 Å². The van der Waals surface area contributed by atoms with Crippen molar-refractivity contribution in [2.45, 2.75) is 44.9 Å². The molecule has 0 bridgehead atoms. The van der Waals surface area contributed by atoms with Crippen LogP contribution in [0.5, 0.6) is 5.75 Å². The van der Waals surface area contributed by atoms with Gasteiger partial charge in [0.15, 0.2) is 0 Å². The largest absolute Gasteiger partial charge is 0.488 e. The first-order chi connectivity index (χ1) is 14.5. The van der Waals surface area contributed by atoms with Gasteiger partial charge in [0.2, 0.25) is 0 Å². The average molecular weight is 414 g/mol. The Kier molecular flexibility index (Phi) is 6.39. The zero-order chi connectivity index (χ0) is 21.1. The molecule has 0 radical (unpaired) electrons. The molecule has 1 aromatic heterocycles. The second kappa shape index (κ2) is 9.18. The monoisotopic (exact) mass is 413 g/mol. The molecule has 1 saturated carbocycles. The summed E-state index contributed by atoms with van der Waals surface area (Å²) in [4.78, 5) is 18.6. The minimum Gasteiger partial charge on any atom is -0.488 e. The van der Waals surface area contributed by atoms with E-state index < -0.39 is 6.10 Å². The molecule has 7 nitrogen and oxygen atoms in total. The number of rotatable bonds is 7. The van der Waals surface area contributed by atoms with Crippen LogP contribution in [-0.2, 0) is 11.3 Å². The summed E-state index contributed by atoms with van der Waals surface area (Å²) < 4.78 is 13.1. The first-order valence-electron chi connectivity index (χ1n) is 10.8. The Balaban J connectivity index is 1.30. The van der Waals surface area contributed by atoms with Gasteiger partial charge in [-0.25, -0.2) is 9.78 Å². The first-order valence-corrected chi connectivity index (χ1v) is 10.8. The van der Waals surface area contributed by atoms with E-state index in [0.29, 0.717) is 23.1 Å². The Hall–Kier alpha value is -2.38. The molecule has 1 saturated heterocycles. The Bertz CT molecular complexity index is 868. The third-order valence-corrected chi connectivity index (χ3v) is 6.50. The summed E-state index contributed by atoms with van der Waals surface area (Å²) in [6.45, 7) is 6.19. The van der Waals surface area contributed by atoms with Gasteiger partial charge in [-0.15, -0.1) is 0 Å². The van der Waals surface area contributed by atoms with Crippen LogP contribution >= 0.6 is 0 Å². The van der Waals surface area contributed by atoms with E-state index in [1.54, 1.807) is 18.2 Å². The number of likely N-dealkylation sites (tertiary alicyclic amines) is 1. The Labute approximate surface area is 177 Å². The van der Waals surface area contributed by atoms with Gasteiger partial charge in [-0.2, -0.15) is 0 Å². The summed E-state index contributed by atoms with van der Waals surface area (Å²) in [5, 5.41) is 10.7. The molecule has 1 aliphatic carbocycles. The van der Waals surface area contributed by atoms with Crippen LogP contribution in [0.2, 0.25) is 0 Å². The van der Waals surface area contributed by atoms with Crippen molar-refractivity contribution in [2.24, 2.45) is 11.8 Å². The van der Waals surface area contributed by atoms with Crippen LogP contribution in [0.25, 0.3) is 0 Å². The lowest BCUT2D eigenvalue weighted by molar-refractivity contribution is -0.0231. The fraction of sp³-hybridized carbons (Fsp3) is 0.565. The van der Waals surface area contributed by atoms with Gasteiger partial charge in [0.25, 0.3) is 0 Å². The van der Waals surface area contributed by atoms with E-state index in [2.05, 4.69) is 14.5 Å². The van der Waals surface area contributed by atoms with Crippen LogP contribution < -0.4 is 4.74 Å². The Morgan fingerprint density at radius 2 is 2.03 bits per heavy atom. The molecule has 30 heavy (non-hydrogen) atoms. The molecule has 1 aromatic carbocycles. The van der Waals surface area contributed by atoms with E-state index in [1.165, 1.54) is 7.11 Å². The molecule has 0 unspecified atom stereocenters. The molecule has 2 fully saturated rings. The number of esters is 1. The summed E-state index contributed by atoms with van der Waals surface area (Å²) in [5.41, 5.74) is 0.457. The van der Waals surface area contributed by atoms with Gasteiger partial charge in [0, 0.05) is 32.0 Å². The standard InChI is InChI=1S/C23H31N3O4/c1-16-24-7-10-26(16)9-4-8-25-14-18-12-21(27)22(13-19(18)15-25)30-20-6-3-5-17(11-20)23(28)29-2/h3,5-7,10-11,18-19,21-22,27H,4,8-9,12-15H2,1-2H3/t18-,19+,21+,22+/m0/s1. The molecule has 4 rings (SSSR count). The minimum atomic E-state index is -0.485. The number of carbonyl (C=O) groups excluding carboxylic acids is 1. The van der Waals surface area contributed by atoms with E-state index in [-0.39, 0.29) is 12.1 Å². The Morgan fingerprint density at radius 1 is 1.23 bits per heavy atom. The highest BCUT2D eigenvalue weighted by Gasteiger charge is 2.42. The lowest BCUT2D eigenvalue weighted by Gasteiger charge is -2.35. The quantitative estimate of drug-likeness (QED) is 0.703. The molecule has 7 heteroatoms. The lowest BCUT2D eigenvalue weighted by atomic mass is 9.78. The summed E-state index contributed by atoms with van der Waals surface area (Å²) in [6.07, 6.45) is 5.86. The molecule has 2 heterocycles. The number of carbonyl (C=O) groups is 1. The van der Waals surface area contributed by atoms with Crippen LogP contribution in [0.4, 0.5) is 0 Å². The molecule has 1 aliphatic heterocycles. The SMILES string of the molecule is COC(=O)c1cccc(O[C@@H]2C[C@@H]3CN(CCCn4ccnc4C)C[C@@H]3C[C@H]2O)c1. The highest BCUT2D eigenvalue weighted by molar-refractivity contribution is 5.89. The summed E-state index contributed by atoms with van der Waals surface area (Å²) in [5.74, 6) is 2.34. The van der Waals surface area contributed by atoms with Gasteiger partial charge in [-0.05, 0) is 62.8 Å². The van der Waals surface area contributed by atoms with Crippen LogP contribution in [0.3, 0.4) is 0 Å². The van der Waals surface area contributed by atoms with Gasteiger partial charge in [-0.1, -0.05) is 6.07 Å². The predicted octanol–water partition coefficient (Wildman–Crippen LogP) is 2.52. The minimum absolute atomic E-state index is 0.243. The number of aryl methyl sites for hydroxylation is 2. The number of hydrogen-bond donors (Lipinski definition) is 1. The number of imidazole rings is 1. The molecule has 2 aromatic rings. The van der Waals surface area contributed by atoms with Crippen LogP contribution in [0.15, 0.2) is 36.7 Å². The molecule has 162 valence electrons. The fourth-order valence-electron chi connectivity index (χ4n) is 4.89. The second-order valence-electron chi connectivity index (χ2n) is 8.52. The smallest absolute Gasteiger partial charge is 0.337 e. The summed E-state index contributed by atoms with van der Waals surface area (Å²) in [6, 6.07) is 6.99. The van der Waals surface area contributed by atoms with Crippen LogP contribution in [0, 0.1) is 18.8 Å². The molecule has 1 N–H and O–H groups in total. The van der Waals surface area contributed by atoms with Crippen molar-refractivity contribution in [3.63, 3.8) is 0 Å². The summed E-state index contributed by atoms with van der Waals surface area (Å²) in [7, 11) is 1.36. The zero-order valence-electron chi connectivity index (χ0n) is 17.7. The van der Waals surface area contributed by atoms with Crippen molar-refractivity contribution in [1.82, 2.24) is 14.5 Å². The normalized spacial score (nSPS) is 26.4. The van der Waals surface area contributed by atoms with Gasteiger partial charge in [-0.3, -0.25) is 0 Å². The third-order valence-electron chi connectivity index (χ3n) is 6.50. The van der Waals surface area contributed by atoms with E-state index in [9.17, 15) is 9.90 Å². The molecule has 2 aliphatic rings. The number of ether oxygens (including phenoxy) is 2. The molecular formula is C23H31N3O4. The number of fused-ring (bicyclic) bond motifs is 1. The molecular weight excluding hydrogens is 382 g/mol.